The van der Waals surface area contributed by atoms with Crippen molar-refractivity contribution < 1.29 is 22.8 Å². The van der Waals surface area contributed by atoms with E-state index < -0.39 is 17.3 Å². The van der Waals surface area contributed by atoms with E-state index in [4.69, 9.17) is 4.52 Å². The fourth-order valence-corrected chi connectivity index (χ4v) is 2.51. The lowest BCUT2D eigenvalue weighted by molar-refractivity contribution is -0.142. The summed E-state index contributed by atoms with van der Waals surface area (Å²) in [6.07, 6.45) is -1.40. The Morgan fingerprint density at radius 2 is 1.69 bits per heavy atom. The molecule has 0 unspecified atom stereocenters. The molecule has 0 saturated heterocycles. The summed E-state index contributed by atoms with van der Waals surface area (Å²) in [4.78, 5) is 0. The highest BCUT2D eigenvalue weighted by atomic mass is 19.4. The molecule has 26 heavy (non-hydrogen) atoms. The van der Waals surface area contributed by atoms with Gasteiger partial charge in [0, 0.05) is 11.5 Å². The van der Waals surface area contributed by atoms with E-state index in [-0.39, 0.29) is 17.8 Å². The summed E-state index contributed by atoms with van der Waals surface area (Å²) >= 11 is 0. The maximum Gasteiger partial charge on any atom is 0.436 e. The molecule has 0 spiro atoms. The molecule has 1 aromatic carbocycles. The van der Waals surface area contributed by atoms with E-state index >= 15 is 0 Å². The maximum atomic E-state index is 12.6. The van der Waals surface area contributed by atoms with Crippen molar-refractivity contribution in [2.45, 2.75) is 51.6 Å². The van der Waals surface area contributed by atoms with E-state index in [1.54, 1.807) is 6.08 Å². The molecule has 1 heterocycles. The molecule has 0 aliphatic heterocycles. The first kappa shape index (κ1) is 20.2. The standard InChI is InChI=1S/C20H24F3NO2/c1-18(2,3)14-8-6-13(16(10-14)19(4,5)12-25)7-9-15-11-17(24-26-15)20(21,22)23/h6-11,25H,12H2,1-5H3/b9-7+. The number of nitrogens with zero attached hydrogens (tertiary/aromatic N) is 1. The minimum Gasteiger partial charge on any atom is -0.395 e. The van der Waals surface area contributed by atoms with Gasteiger partial charge < -0.3 is 9.63 Å². The number of aliphatic hydroxyl groups is 1. The fourth-order valence-electron chi connectivity index (χ4n) is 2.51. The predicted octanol–water partition coefficient (Wildman–Crippen LogP) is 5.43. The Morgan fingerprint density at radius 1 is 1.04 bits per heavy atom. The lowest BCUT2D eigenvalue weighted by Crippen LogP contribution is -2.24. The lowest BCUT2D eigenvalue weighted by Gasteiger charge is -2.28. The van der Waals surface area contributed by atoms with Gasteiger partial charge in [-0.05, 0) is 28.2 Å². The van der Waals surface area contributed by atoms with Crippen LogP contribution in [0.4, 0.5) is 13.2 Å². The molecular weight excluding hydrogens is 343 g/mol. The maximum absolute atomic E-state index is 12.6. The minimum atomic E-state index is -4.53. The molecule has 2 rings (SSSR count). The van der Waals surface area contributed by atoms with Crippen LogP contribution in [0.15, 0.2) is 28.8 Å². The van der Waals surface area contributed by atoms with Crippen LogP contribution in [-0.4, -0.2) is 16.9 Å². The van der Waals surface area contributed by atoms with Crippen molar-refractivity contribution in [1.82, 2.24) is 5.16 Å². The van der Waals surface area contributed by atoms with Gasteiger partial charge in [0.25, 0.3) is 0 Å². The van der Waals surface area contributed by atoms with Gasteiger partial charge in [0.15, 0.2) is 11.5 Å². The molecule has 0 atom stereocenters. The van der Waals surface area contributed by atoms with Crippen LogP contribution >= 0.6 is 0 Å². The van der Waals surface area contributed by atoms with Gasteiger partial charge in [0.05, 0.1) is 6.61 Å². The van der Waals surface area contributed by atoms with Gasteiger partial charge >= 0.3 is 6.18 Å². The largest absolute Gasteiger partial charge is 0.436 e. The summed E-state index contributed by atoms with van der Waals surface area (Å²) in [7, 11) is 0. The molecule has 1 N–H and O–H groups in total. The van der Waals surface area contributed by atoms with Crippen LogP contribution in [0.5, 0.6) is 0 Å². The summed E-state index contributed by atoms with van der Waals surface area (Å²) in [5.41, 5.74) is 1.22. The first-order valence-corrected chi connectivity index (χ1v) is 8.32. The summed E-state index contributed by atoms with van der Waals surface area (Å²) in [5.74, 6) is 0.0185. The number of aromatic nitrogens is 1. The second kappa shape index (κ2) is 6.91. The summed E-state index contributed by atoms with van der Waals surface area (Å²) in [5, 5.41) is 12.8. The minimum absolute atomic E-state index is 0.0185. The number of halogens is 3. The molecule has 0 saturated carbocycles. The number of aliphatic hydroxyl groups excluding tert-OH is 1. The van der Waals surface area contributed by atoms with Crippen molar-refractivity contribution in [2.24, 2.45) is 0 Å². The number of hydrogen-bond donors (Lipinski definition) is 1. The molecule has 0 bridgehead atoms. The Bertz CT molecular complexity index is 796. The topological polar surface area (TPSA) is 46.3 Å². The molecule has 0 aliphatic rings. The second-order valence-electron chi connectivity index (χ2n) is 8.04. The van der Waals surface area contributed by atoms with Crippen LogP contribution in [0, 0.1) is 0 Å². The molecular formula is C20H24F3NO2. The number of benzene rings is 1. The quantitative estimate of drug-likeness (QED) is 0.784. The van der Waals surface area contributed by atoms with Gasteiger partial charge in [-0.25, -0.2) is 0 Å². The molecule has 3 nitrogen and oxygen atoms in total. The SMILES string of the molecule is CC(C)(C)c1ccc(/C=C/c2cc(C(F)(F)F)no2)c(C(C)(C)CO)c1. The van der Waals surface area contributed by atoms with Gasteiger partial charge in [-0.15, -0.1) is 0 Å². The number of rotatable bonds is 4. The molecule has 0 radical (unpaired) electrons. The first-order chi connectivity index (χ1) is 11.8. The molecule has 0 amide bonds. The normalized spacial score (nSPS) is 13.6. The van der Waals surface area contributed by atoms with Crippen molar-refractivity contribution >= 4 is 12.2 Å². The Labute approximate surface area is 151 Å². The van der Waals surface area contributed by atoms with Crippen molar-refractivity contribution in [3.8, 4) is 0 Å². The lowest BCUT2D eigenvalue weighted by atomic mass is 9.78. The van der Waals surface area contributed by atoms with E-state index in [0.717, 1.165) is 22.8 Å². The highest BCUT2D eigenvalue weighted by molar-refractivity contribution is 5.70. The fraction of sp³-hybridized carbons (Fsp3) is 0.450. The Balaban J connectivity index is 2.44. The summed E-state index contributed by atoms with van der Waals surface area (Å²) in [6.45, 7) is 10.1. The van der Waals surface area contributed by atoms with Gasteiger partial charge in [-0.1, -0.05) is 64.1 Å². The molecule has 6 heteroatoms. The smallest absolute Gasteiger partial charge is 0.395 e. The van der Waals surface area contributed by atoms with Gasteiger partial charge in [0.2, 0.25) is 0 Å². The zero-order valence-electron chi connectivity index (χ0n) is 15.6. The van der Waals surface area contributed by atoms with Crippen LogP contribution in [0.1, 0.15) is 62.8 Å². The molecule has 142 valence electrons. The van der Waals surface area contributed by atoms with Crippen molar-refractivity contribution in [2.75, 3.05) is 6.61 Å². The van der Waals surface area contributed by atoms with Crippen molar-refractivity contribution in [3.05, 3.63) is 52.4 Å². The predicted molar refractivity (Wildman–Crippen MR) is 95.7 cm³/mol. The summed E-state index contributed by atoms with van der Waals surface area (Å²) < 4.78 is 42.6. The van der Waals surface area contributed by atoms with Gasteiger partial charge in [0.1, 0.15) is 0 Å². The third-order valence-corrected chi connectivity index (χ3v) is 4.29. The highest BCUT2D eigenvalue weighted by Crippen LogP contribution is 2.33. The molecule has 0 fully saturated rings. The van der Waals surface area contributed by atoms with Gasteiger partial charge in [-0.3, -0.25) is 0 Å². The highest BCUT2D eigenvalue weighted by Gasteiger charge is 2.34. The monoisotopic (exact) mass is 367 g/mol. The van der Waals surface area contributed by atoms with Gasteiger partial charge in [-0.2, -0.15) is 13.2 Å². The third-order valence-electron chi connectivity index (χ3n) is 4.29. The Kier molecular flexibility index (Phi) is 5.38. The van der Waals surface area contributed by atoms with Crippen LogP contribution in [0.3, 0.4) is 0 Å². The van der Waals surface area contributed by atoms with E-state index in [1.165, 1.54) is 6.08 Å². The van der Waals surface area contributed by atoms with E-state index in [9.17, 15) is 18.3 Å². The molecule has 0 aliphatic carbocycles. The Hall–Kier alpha value is -2.08. The number of hydrogen-bond acceptors (Lipinski definition) is 3. The molecule has 2 aromatic rings. The van der Waals surface area contributed by atoms with Crippen LogP contribution in [0.2, 0.25) is 0 Å². The average Bonchev–Trinajstić information content (AvgIpc) is 3.01. The van der Waals surface area contributed by atoms with Crippen LogP contribution in [0.25, 0.3) is 12.2 Å². The zero-order valence-corrected chi connectivity index (χ0v) is 15.6. The van der Waals surface area contributed by atoms with E-state index in [2.05, 4.69) is 25.9 Å². The van der Waals surface area contributed by atoms with Crippen LogP contribution in [-0.2, 0) is 17.0 Å². The summed E-state index contributed by atoms with van der Waals surface area (Å²) in [6, 6.07) is 6.79. The number of alkyl halides is 3. The van der Waals surface area contributed by atoms with Crippen molar-refractivity contribution in [1.29, 1.82) is 0 Å². The average molecular weight is 367 g/mol. The van der Waals surface area contributed by atoms with Crippen molar-refractivity contribution in [3.63, 3.8) is 0 Å². The van der Waals surface area contributed by atoms with E-state index in [1.807, 2.05) is 32.0 Å². The third kappa shape index (κ3) is 4.55. The Morgan fingerprint density at radius 3 is 2.19 bits per heavy atom. The zero-order chi connectivity index (χ0) is 19.8. The molecule has 1 aromatic heterocycles. The van der Waals surface area contributed by atoms with Crippen LogP contribution < -0.4 is 0 Å². The first-order valence-electron chi connectivity index (χ1n) is 8.32. The van der Waals surface area contributed by atoms with E-state index in [0.29, 0.717) is 0 Å². The second-order valence-corrected chi connectivity index (χ2v) is 8.04.